The van der Waals surface area contributed by atoms with E-state index < -0.39 is 6.43 Å². The van der Waals surface area contributed by atoms with Crippen molar-refractivity contribution in [3.63, 3.8) is 0 Å². The molecule has 0 saturated heterocycles. The third-order valence-corrected chi connectivity index (χ3v) is 4.89. The van der Waals surface area contributed by atoms with Crippen LogP contribution in [-0.4, -0.2) is 11.4 Å². The van der Waals surface area contributed by atoms with Crippen LogP contribution >= 0.6 is 0 Å². The molecule has 136 valence electrons. The Kier molecular flexibility index (Phi) is 4.27. The zero-order valence-corrected chi connectivity index (χ0v) is 15.5. The summed E-state index contributed by atoms with van der Waals surface area (Å²) in [5.74, 6) is 0. The lowest BCUT2D eigenvalue weighted by atomic mass is 9.90. The van der Waals surface area contributed by atoms with Crippen molar-refractivity contribution < 1.29 is 8.78 Å². The minimum absolute atomic E-state index is 0.0297. The Balaban J connectivity index is 2.02. The molecule has 1 aliphatic heterocycles. The van der Waals surface area contributed by atoms with Crippen LogP contribution in [0.25, 0.3) is 28.1 Å². The van der Waals surface area contributed by atoms with Crippen LogP contribution in [0.1, 0.15) is 22.4 Å². The number of alkyl halides is 2. The maximum Gasteiger partial charge on any atom is 0.265 e. The summed E-state index contributed by atoms with van der Waals surface area (Å²) >= 11 is 0. The summed E-state index contributed by atoms with van der Waals surface area (Å²) in [4.78, 5) is 4.77. The van der Waals surface area contributed by atoms with Gasteiger partial charge in [-0.15, -0.1) is 0 Å². The summed E-state index contributed by atoms with van der Waals surface area (Å²) in [6.07, 6.45) is 2.13. The maximum atomic E-state index is 13.2. The lowest BCUT2D eigenvalue weighted by molar-refractivity contribution is 0.194. The minimum Gasteiger partial charge on any atom is -0.361 e. The van der Waals surface area contributed by atoms with Crippen LogP contribution in [0.5, 0.6) is 0 Å². The van der Waals surface area contributed by atoms with Gasteiger partial charge in [-0.05, 0) is 61.7 Å². The van der Waals surface area contributed by atoms with Gasteiger partial charge in [0.05, 0.1) is 5.52 Å². The molecule has 4 heteroatoms. The van der Waals surface area contributed by atoms with Gasteiger partial charge < -0.3 is 5.32 Å². The normalized spacial score (nSPS) is 13.3. The molecular weight excluding hydrogens is 342 g/mol. The van der Waals surface area contributed by atoms with Crippen molar-refractivity contribution in [3.05, 3.63) is 76.6 Å². The molecule has 1 aliphatic rings. The van der Waals surface area contributed by atoms with Gasteiger partial charge in [0.2, 0.25) is 0 Å². The van der Waals surface area contributed by atoms with E-state index in [4.69, 9.17) is 4.98 Å². The monoisotopic (exact) mass is 362 g/mol. The first-order chi connectivity index (χ1) is 12.9. The number of halogens is 2. The average Bonchev–Trinajstić information content (AvgIpc) is 2.84. The highest BCUT2D eigenvalue weighted by molar-refractivity contribution is 5.99. The van der Waals surface area contributed by atoms with Gasteiger partial charge in [0.15, 0.2) is 0 Å². The second-order valence-electron chi connectivity index (χ2n) is 6.98. The molecule has 0 aliphatic carbocycles. The second-order valence-corrected chi connectivity index (χ2v) is 6.98. The van der Waals surface area contributed by atoms with Crippen LogP contribution in [0.4, 0.5) is 14.5 Å². The number of aromatic nitrogens is 1. The Morgan fingerprint density at radius 3 is 2.56 bits per heavy atom. The van der Waals surface area contributed by atoms with Gasteiger partial charge in [0, 0.05) is 39.7 Å². The van der Waals surface area contributed by atoms with E-state index in [0.717, 1.165) is 50.1 Å². The van der Waals surface area contributed by atoms with E-state index in [1.807, 2.05) is 32.0 Å². The van der Waals surface area contributed by atoms with Gasteiger partial charge in [0.1, 0.15) is 0 Å². The Morgan fingerprint density at radius 2 is 1.78 bits per heavy atom. The average molecular weight is 362 g/mol. The van der Waals surface area contributed by atoms with Crippen LogP contribution < -0.4 is 5.32 Å². The maximum absolute atomic E-state index is 13.2. The minimum atomic E-state index is -2.52. The van der Waals surface area contributed by atoms with Crippen molar-refractivity contribution in [1.29, 1.82) is 0 Å². The van der Waals surface area contributed by atoms with Crippen molar-refractivity contribution in [3.8, 4) is 11.1 Å². The zero-order chi connectivity index (χ0) is 19.1. The molecule has 0 atom stereocenters. The number of benzene rings is 2. The van der Waals surface area contributed by atoms with E-state index >= 15 is 0 Å². The molecule has 27 heavy (non-hydrogen) atoms. The van der Waals surface area contributed by atoms with Gasteiger partial charge in [-0.2, -0.15) is 0 Å². The van der Waals surface area contributed by atoms with Crippen LogP contribution in [0, 0.1) is 20.8 Å². The molecule has 0 fully saturated rings. The molecule has 2 nitrogen and oxygen atoms in total. The summed E-state index contributed by atoms with van der Waals surface area (Å²) in [6, 6.07) is 12.3. The van der Waals surface area contributed by atoms with E-state index in [1.54, 1.807) is 6.08 Å². The summed E-state index contributed by atoms with van der Waals surface area (Å²) in [5.41, 5.74) is 7.81. The molecule has 0 bridgehead atoms. The van der Waals surface area contributed by atoms with Crippen molar-refractivity contribution in [1.82, 2.24) is 4.98 Å². The predicted octanol–water partition coefficient (Wildman–Crippen LogP) is 6.41. The topological polar surface area (TPSA) is 24.9 Å². The highest BCUT2D eigenvalue weighted by atomic mass is 19.3. The molecule has 0 unspecified atom stereocenters. The molecule has 0 amide bonds. The van der Waals surface area contributed by atoms with E-state index in [1.165, 1.54) is 12.3 Å². The molecule has 0 radical (unpaired) electrons. The standard InChI is InChI=1S/C23H20F2N2/c1-13-10-16-6-5-15(3)27-22(16)19(11-13)21-14(2)4-9-20-18(21)8-7-17(12-26-20)23(24)25/h4-12,23,26H,1-3H3. The van der Waals surface area contributed by atoms with E-state index in [-0.39, 0.29) is 5.57 Å². The van der Waals surface area contributed by atoms with E-state index in [0.29, 0.717) is 0 Å². The molecule has 0 saturated carbocycles. The Bertz CT molecular complexity index is 1110. The zero-order valence-electron chi connectivity index (χ0n) is 15.5. The van der Waals surface area contributed by atoms with Crippen LogP contribution in [0.15, 0.2) is 54.2 Å². The lowest BCUT2D eigenvalue weighted by Crippen LogP contribution is -1.98. The van der Waals surface area contributed by atoms with Crippen LogP contribution in [-0.2, 0) is 0 Å². The number of hydrogen-bond acceptors (Lipinski definition) is 2. The highest BCUT2D eigenvalue weighted by Gasteiger charge is 2.18. The summed E-state index contributed by atoms with van der Waals surface area (Å²) in [6.45, 7) is 6.08. The molecule has 2 heterocycles. The Labute approximate surface area is 157 Å². The number of allylic oxidation sites excluding steroid dienone is 2. The Hall–Kier alpha value is -3.01. The SMILES string of the molecule is Cc1cc(-c2c(C)ccc3c2C=CC(C(F)F)=CN3)c2nc(C)ccc2c1. The number of fused-ring (bicyclic) bond motifs is 2. The number of rotatable bonds is 2. The molecular formula is C23H20F2N2. The van der Waals surface area contributed by atoms with Gasteiger partial charge in [0.25, 0.3) is 6.43 Å². The van der Waals surface area contributed by atoms with Crippen LogP contribution in [0.2, 0.25) is 0 Å². The quantitative estimate of drug-likeness (QED) is 0.569. The number of hydrogen-bond donors (Lipinski definition) is 1. The summed E-state index contributed by atoms with van der Waals surface area (Å²) in [5, 5.41) is 4.12. The number of nitrogens with zero attached hydrogens (tertiary/aromatic N) is 1. The van der Waals surface area contributed by atoms with Crippen molar-refractivity contribution in [2.75, 3.05) is 5.32 Å². The molecule has 1 N–H and O–H groups in total. The number of anilines is 1. The highest BCUT2D eigenvalue weighted by Crippen LogP contribution is 2.39. The fourth-order valence-electron chi connectivity index (χ4n) is 3.58. The number of nitrogens with one attached hydrogen (secondary N) is 1. The summed E-state index contributed by atoms with van der Waals surface area (Å²) in [7, 11) is 0. The van der Waals surface area contributed by atoms with Crippen molar-refractivity contribution >= 4 is 22.7 Å². The van der Waals surface area contributed by atoms with Gasteiger partial charge in [-0.1, -0.05) is 24.3 Å². The fraction of sp³-hybridized carbons (Fsp3) is 0.174. The lowest BCUT2D eigenvalue weighted by Gasteiger charge is -2.17. The first-order valence-electron chi connectivity index (χ1n) is 8.89. The fourth-order valence-corrected chi connectivity index (χ4v) is 3.58. The third-order valence-electron chi connectivity index (χ3n) is 4.89. The third kappa shape index (κ3) is 3.12. The van der Waals surface area contributed by atoms with Gasteiger partial charge >= 0.3 is 0 Å². The molecule has 4 rings (SSSR count). The van der Waals surface area contributed by atoms with Crippen molar-refractivity contribution in [2.45, 2.75) is 27.2 Å². The molecule has 1 aromatic heterocycles. The van der Waals surface area contributed by atoms with E-state index in [2.05, 4.69) is 30.4 Å². The largest absolute Gasteiger partial charge is 0.361 e. The first kappa shape index (κ1) is 17.4. The number of pyridine rings is 1. The van der Waals surface area contributed by atoms with Crippen molar-refractivity contribution in [2.24, 2.45) is 0 Å². The van der Waals surface area contributed by atoms with E-state index in [9.17, 15) is 8.78 Å². The molecule has 0 spiro atoms. The Morgan fingerprint density at radius 1 is 0.963 bits per heavy atom. The van der Waals surface area contributed by atoms with Gasteiger partial charge in [-0.3, -0.25) is 4.98 Å². The smallest absolute Gasteiger partial charge is 0.265 e. The molecule has 3 aromatic rings. The predicted molar refractivity (Wildman–Crippen MR) is 108 cm³/mol. The second kappa shape index (κ2) is 6.62. The van der Waals surface area contributed by atoms with Gasteiger partial charge in [-0.25, -0.2) is 8.78 Å². The van der Waals surface area contributed by atoms with Crippen LogP contribution in [0.3, 0.4) is 0 Å². The molecule has 2 aromatic carbocycles. The summed E-state index contributed by atoms with van der Waals surface area (Å²) < 4.78 is 26.3. The number of aryl methyl sites for hydroxylation is 3. The first-order valence-corrected chi connectivity index (χ1v) is 8.89.